The zero-order chi connectivity index (χ0) is 18.4. The first kappa shape index (κ1) is 17.7. The van der Waals surface area contributed by atoms with Gasteiger partial charge in [0.25, 0.3) is 5.91 Å². The van der Waals surface area contributed by atoms with Crippen molar-refractivity contribution in [3.8, 4) is 17.1 Å². The number of amides is 1. The molecule has 6 heteroatoms. The normalized spacial score (nSPS) is 10.7. The second kappa shape index (κ2) is 8.29. The minimum absolute atomic E-state index is 0.111. The minimum atomic E-state index is -0.113. The number of carbonyl (C=O) groups is 1. The van der Waals surface area contributed by atoms with Crippen molar-refractivity contribution >= 4 is 5.91 Å². The van der Waals surface area contributed by atoms with Gasteiger partial charge < -0.3 is 10.1 Å². The van der Waals surface area contributed by atoms with Gasteiger partial charge in [-0.1, -0.05) is 6.07 Å². The van der Waals surface area contributed by atoms with Crippen molar-refractivity contribution in [2.24, 2.45) is 0 Å². The van der Waals surface area contributed by atoms with Crippen LogP contribution in [-0.2, 0) is 6.54 Å². The number of carbonyl (C=O) groups excluding carboxylic acids is 1. The number of nitrogens with zero attached hydrogens (tertiary/aromatic N) is 3. The Morgan fingerprint density at radius 2 is 1.92 bits per heavy atom. The van der Waals surface area contributed by atoms with Gasteiger partial charge in [-0.3, -0.25) is 14.5 Å². The van der Waals surface area contributed by atoms with Gasteiger partial charge in [-0.2, -0.15) is 5.10 Å². The lowest BCUT2D eigenvalue weighted by Gasteiger charge is -2.10. The van der Waals surface area contributed by atoms with Crippen LogP contribution in [0.25, 0.3) is 11.4 Å². The van der Waals surface area contributed by atoms with E-state index in [0.717, 1.165) is 17.1 Å². The van der Waals surface area contributed by atoms with Gasteiger partial charge in [0.15, 0.2) is 0 Å². The van der Waals surface area contributed by atoms with Crippen LogP contribution in [0.2, 0.25) is 0 Å². The quantitative estimate of drug-likeness (QED) is 0.711. The molecule has 3 rings (SSSR count). The molecule has 0 radical (unpaired) electrons. The smallest absolute Gasteiger partial charge is 0.251 e. The molecular weight excluding hydrogens is 328 g/mol. The fourth-order valence-corrected chi connectivity index (χ4v) is 2.48. The minimum Gasteiger partial charge on any atom is -0.491 e. The molecule has 0 aliphatic rings. The first-order valence-electron chi connectivity index (χ1n) is 8.61. The summed E-state index contributed by atoms with van der Waals surface area (Å²) in [5, 5.41) is 7.38. The number of pyridine rings is 1. The van der Waals surface area contributed by atoms with E-state index in [1.165, 1.54) is 0 Å². The molecule has 134 valence electrons. The summed E-state index contributed by atoms with van der Waals surface area (Å²) in [5.41, 5.74) is 2.26. The average molecular weight is 350 g/mol. The van der Waals surface area contributed by atoms with Crippen LogP contribution in [0.3, 0.4) is 0 Å². The molecule has 1 amide bonds. The predicted molar refractivity (Wildman–Crippen MR) is 100.0 cm³/mol. The molecule has 0 fully saturated rings. The third kappa shape index (κ3) is 4.69. The summed E-state index contributed by atoms with van der Waals surface area (Å²) in [6, 6.07) is 14.8. The Balaban J connectivity index is 1.50. The number of benzene rings is 1. The highest BCUT2D eigenvalue weighted by atomic mass is 16.5. The highest BCUT2D eigenvalue weighted by Gasteiger charge is 2.07. The van der Waals surface area contributed by atoms with Gasteiger partial charge in [0, 0.05) is 24.5 Å². The van der Waals surface area contributed by atoms with Gasteiger partial charge in [-0.25, -0.2) is 0 Å². The predicted octanol–water partition coefficient (Wildman–Crippen LogP) is 3.16. The van der Waals surface area contributed by atoms with Gasteiger partial charge in [-0.15, -0.1) is 0 Å². The SMILES string of the molecule is CC(C)Oc1ccc(C(=O)NCCn2ccc(-c3ccccn3)n2)cc1. The van der Waals surface area contributed by atoms with E-state index >= 15 is 0 Å². The van der Waals surface area contributed by atoms with Crippen LogP contribution in [-0.4, -0.2) is 33.3 Å². The second-order valence-electron chi connectivity index (χ2n) is 6.13. The third-order valence-electron chi connectivity index (χ3n) is 3.68. The summed E-state index contributed by atoms with van der Waals surface area (Å²) in [6.07, 6.45) is 3.74. The summed E-state index contributed by atoms with van der Waals surface area (Å²) in [5.74, 6) is 0.647. The second-order valence-corrected chi connectivity index (χ2v) is 6.13. The monoisotopic (exact) mass is 350 g/mol. The highest BCUT2D eigenvalue weighted by Crippen LogP contribution is 2.14. The van der Waals surface area contributed by atoms with E-state index in [1.807, 2.05) is 56.4 Å². The standard InChI is InChI=1S/C20H22N4O2/c1-15(2)26-17-8-6-16(7-9-17)20(25)22-12-14-24-13-10-19(23-24)18-5-3-4-11-21-18/h3-11,13,15H,12,14H2,1-2H3,(H,22,25). The zero-order valence-electron chi connectivity index (χ0n) is 14.9. The molecule has 1 N–H and O–H groups in total. The lowest BCUT2D eigenvalue weighted by molar-refractivity contribution is 0.0952. The molecule has 6 nitrogen and oxygen atoms in total. The summed E-state index contributed by atoms with van der Waals surface area (Å²) < 4.78 is 7.37. The van der Waals surface area contributed by atoms with Crippen molar-refractivity contribution in [2.75, 3.05) is 6.54 Å². The maximum Gasteiger partial charge on any atom is 0.251 e. The van der Waals surface area contributed by atoms with Gasteiger partial charge in [0.05, 0.1) is 18.3 Å². The maximum atomic E-state index is 12.2. The molecule has 0 atom stereocenters. The zero-order valence-corrected chi connectivity index (χ0v) is 14.9. The van der Waals surface area contributed by atoms with Crippen LogP contribution in [0.5, 0.6) is 5.75 Å². The number of hydrogen-bond acceptors (Lipinski definition) is 4. The van der Waals surface area contributed by atoms with E-state index < -0.39 is 0 Å². The molecule has 2 heterocycles. The van der Waals surface area contributed by atoms with E-state index in [-0.39, 0.29) is 12.0 Å². The van der Waals surface area contributed by atoms with Gasteiger partial charge in [0.2, 0.25) is 0 Å². The van der Waals surface area contributed by atoms with Gasteiger partial charge >= 0.3 is 0 Å². The topological polar surface area (TPSA) is 69.0 Å². The van der Waals surface area contributed by atoms with Crippen LogP contribution >= 0.6 is 0 Å². The van der Waals surface area contributed by atoms with Crippen LogP contribution in [0, 0.1) is 0 Å². The van der Waals surface area contributed by atoms with Crippen molar-refractivity contribution in [3.63, 3.8) is 0 Å². The molecule has 0 unspecified atom stereocenters. The van der Waals surface area contributed by atoms with Crippen LogP contribution in [0.1, 0.15) is 24.2 Å². The number of ether oxygens (including phenoxy) is 1. The Bertz CT molecular complexity index is 842. The lowest BCUT2D eigenvalue weighted by atomic mass is 10.2. The first-order valence-corrected chi connectivity index (χ1v) is 8.61. The first-order chi connectivity index (χ1) is 12.6. The summed E-state index contributed by atoms with van der Waals surface area (Å²) in [6.45, 7) is 5.02. The number of hydrogen-bond donors (Lipinski definition) is 1. The molecule has 0 aliphatic carbocycles. The van der Waals surface area contributed by atoms with E-state index in [1.54, 1.807) is 23.0 Å². The van der Waals surface area contributed by atoms with E-state index in [0.29, 0.717) is 18.7 Å². The molecular formula is C20H22N4O2. The molecule has 0 spiro atoms. The van der Waals surface area contributed by atoms with E-state index in [2.05, 4.69) is 15.4 Å². The number of rotatable bonds is 7. The third-order valence-corrected chi connectivity index (χ3v) is 3.68. The highest BCUT2D eigenvalue weighted by molar-refractivity contribution is 5.94. The van der Waals surface area contributed by atoms with Gasteiger partial charge in [-0.05, 0) is 56.3 Å². The summed E-state index contributed by atoms with van der Waals surface area (Å²) in [7, 11) is 0. The van der Waals surface area contributed by atoms with Crippen LogP contribution in [0.4, 0.5) is 0 Å². The van der Waals surface area contributed by atoms with Crippen molar-refractivity contribution in [2.45, 2.75) is 26.5 Å². The molecule has 1 aromatic carbocycles. The van der Waals surface area contributed by atoms with Crippen molar-refractivity contribution in [1.82, 2.24) is 20.1 Å². The van der Waals surface area contributed by atoms with Gasteiger partial charge in [0.1, 0.15) is 11.4 Å². The molecule has 0 saturated heterocycles. The Morgan fingerprint density at radius 3 is 2.62 bits per heavy atom. The molecule has 26 heavy (non-hydrogen) atoms. The Kier molecular flexibility index (Phi) is 5.63. The Labute approximate surface area is 152 Å². The number of aromatic nitrogens is 3. The molecule has 0 aliphatic heterocycles. The Hall–Kier alpha value is -3.15. The molecule has 3 aromatic rings. The molecule has 0 saturated carbocycles. The fraction of sp³-hybridized carbons (Fsp3) is 0.250. The molecule has 2 aromatic heterocycles. The summed E-state index contributed by atoms with van der Waals surface area (Å²) in [4.78, 5) is 16.5. The number of nitrogens with one attached hydrogen (secondary N) is 1. The largest absolute Gasteiger partial charge is 0.491 e. The van der Waals surface area contributed by atoms with Crippen molar-refractivity contribution in [3.05, 3.63) is 66.5 Å². The fourth-order valence-electron chi connectivity index (χ4n) is 2.48. The summed E-state index contributed by atoms with van der Waals surface area (Å²) >= 11 is 0. The van der Waals surface area contributed by atoms with Crippen molar-refractivity contribution in [1.29, 1.82) is 0 Å². The van der Waals surface area contributed by atoms with E-state index in [4.69, 9.17) is 4.74 Å². The lowest BCUT2D eigenvalue weighted by Crippen LogP contribution is -2.27. The van der Waals surface area contributed by atoms with E-state index in [9.17, 15) is 4.79 Å². The van der Waals surface area contributed by atoms with Crippen molar-refractivity contribution < 1.29 is 9.53 Å². The Morgan fingerprint density at radius 1 is 1.12 bits per heavy atom. The van der Waals surface area contributed by atoms with Crippen LogP contribution in [0.15, 0.2) is 60.9 Å². The maximum absolute atomic E-state index is 12.2. The average Bonchev–Trinajstić information content (AvgIpc) is 3.11. The molecule has 0 bridgehead atoms. The van der Waals surface area contributed by atoms with Crippen LogP contribution < -0.4 is 10.1 Å².